The lowest BCUT2D eigenvalue weighted by molar-refractivity contribution is -0.427. The van der Waals surface area contributed by atoms with Crippen molar-refractivity contribution < 1.29 is 4.92 Å². The quantitative estimate of drug-likeness (QED) is 0.390. The van der Waals surface area contributed by atoms with Gasteiger partial charge >= 0.3 is 0 Å². The van der Waals surface area contributed by atoms with E-state index in [1.807, 2.05) is 12.1 Å². The van der Waals surface area contributed by atoms with Crippen LogP contribution in [0.15, 0.2) is 29.8 Å². The molecule has 7 nitrogen and oxygen atoms in total. The third kappa shape index (κ3) is 3.77. The van der Waals surface area contributed by atoms with E-state index in [0.717, 1.165) is 17.2 Å². The third-order valence-electron chi connectivity index (χ3n) is 2.88. The van der Waals surface area contributed by atoms with Gasteiger partial charge in [0.05, 0.1) is 22.7 Å². The number of pyridine rings is 1. The summed E-state index contributed by atoms with van der Waals surface area (Å²) in [6, 6.07) is 3.64. The third-order valence-corrected chi connectivity index (χ3v) is 3.86. The van der Waals surface area contributed by atoms with E-state index in [-0.39, 0.29) is 10.6 Å². The van der Waals surface area contributed by atoms with E-state index >= 15 is 0 Å². The molecule has 8 heteroatoms. The summed E-state index contributed by atoms with van der Waals surface area (Å²) in [5.74, 6) is 2.11. The monoisotopic (exact) mass is 295 g/mol. The van der Waals surface area contributed by atoms with Crippen molar-refractivity contribution in [1.82, 2.24) is 15.6 Å². The van der Waals surface area contributed by atoms with Crippen LogP contribution in [0.25, 0.3) is 0 Å². The molecule has 0 atom stereocenters. The van der Waals surface area contributed by atoms with Crippen molar-refractivity contribution in [3.8, 4) is 0 Å². The number of nitrogen functional groups attached to an aromatic ring is 1. The summed E-state index contributed by atoms with van der Waals surface area (Å²) in [6.45, 7) is 1.29. The van der Waals surface area contributed by atoms with Crippen LogP contribution in [-0.2, 0) is 5.75 Å². The molecule has 0 spiro atoms. The molecule has 1 aromatic heterocycles. The number of nitrogens with zero attached hydrogens (tertiary/aromatic N) is 2. The van der Waals surface area contributed by atoms with Crippen molar-refractivity contribution >= 4 is 17.4 Å². The zero-order valence-corrected chi connectivity index (χ0v) is 11.8. The van der Waals surface area contributed by atoms with Gasteiger partial charge in [0.2, 0.25) is 0 Å². The Morgan fingerprint density at radius 2 is 2.45 bits per heavy atom. The standard InChI is InChI=1S/C12H17N5O2S/c13-9-2-1-4-14-10(9)8-20-7-6-16-12-11(17(18)19)3-5-15-12/h1-2,4,15-16H,3,5-8,13H2. The molecular weight excluding hydrogens is 278 g/mol. The van der Waals surface area contributed by atoms with Crippen molar-refractivity contribution in [3.05, 3.63) is 45.7 Å². The molecule has 1 aliphatic heterocycles. The SMILES string of the molecule is Nc1cccnc1CSCCNC1=C([N+](=O)[O-])CCN1. The number of anilines is 1. The zero-order chi connectivity index (χ0) is 14.4. The average Bonchev–Trinajstić information content (AvgIpc) is 2.89. The van der Waals surface area contributed by atoms with E-state index in [1.54, 1.807) is 18.0 Å². The van der Waals surface area contributed by atoms with Crippen LogP contribution in [0.1, 0.15) is 12.1 Å². The molecule has 2 rings (SSSR count). The molecule has 1 aliphatic rings. The predicted octanol–water partition coefficient (Wildman–Crippen LogP) is 0.926. The fourth-order valence-corrected chi connectivity index (χ4v) is 2.69. The van der Waals surface area contributed by atoms with Crippen LogP contribution in [-0.4, -0.2) is 28.7 Å². The molecule has 0 saturated carbocycles. The molecule has 4 N–H and O–H groups in total. The van der Waals surface area contributed by atoms with Gasteiger partial charge in [0.25, 0.3) is 5.70 Å². The first-order valence-electron chi connectivity index (χ1n) is 6.31. The van der Waals surface area contributed by atoms with Gasteiger partial charge in [-0.1, -0.05) is 0 Å². The Kier molecular flexibility index (Phi) is 5.05. The highest BCUT2D eigenvalue weighted by Crippen LogP contribution is 2.15. The van der Waals surface area contributed by atoms with Crippen LogP contribution in [0, 0.1) is 10.1 Å². The van der Waals surface area contributed by atoms with Gasteiger partial charge in [-0.15, -0.1) is 0 Å². The number of thioether (sulfide) groups is 1. The number of hydrogen-bond donors (Lipinski definition) is 3. The maximum Gasteiger partial charge on any atom is 0.287 e. The molecule has 0 fully saturated rings. The second-order valence-electron chi connectivity index (χ2n) is 4.27. The van der Waals surface area contributed by atoms with E-state index in [1.165, 1.54) is 0 Å². The molecule has 1 aromatic rings. The number of rotatable bonds is 7. The lowest BCUT2D eigenvalue weighted by Gasteiger charge is -2.08. The lowest BCUT2D eigenvalue weighted by atomic mass is 10.3. The minimum atomic E-state index is -0.329. The second-order valence-corrected chi connectivity index (χ2v) is 5.38. The van der Waals surface area contributed by atoms with Crippen molar-refractivity contribution in [3.63, 3.8) is 0 Å². The van der Waals surface area contributed by atoms with E-state index in [2.05, 4.69) is 15.6 Å². The summed E-state index contributed by atoms with van der Waals surface area (Å²) >= 11 is 1.69. The Bertz CT molecular complexity index is 520. The molecule has 20 heavy (non-hydrogen) atoms. The number of nitrogens with one attached hydrogen (secondary N) is 2. The van der Waals surface area contributed by atoms with Gasteiger partial charge in [0.15, 0.2) is 5.82 Å². The van der Waals surface area contributed by atoms with Gasteiger partial charge in [-0.3, -0.25) is 15.1 Å². The average molecular weight is 295 g/mol. The molecule has 108 valence electrons. The smallest absolute Gasteiger partial charge is 0.287 e. The summed E-state index contributed by atoms with van der Waals surface area (Å²) < 4.78 is 0. The summed E-state index contributed by atoms with van der Waals surface area (Å²) in [5, 5.41) is 16.8. The summed E-state index contributed by atoms with van der Waals surface area (Å²) in [7, 11) is 0. The summed E-state index contributed by atoms with van der Waals surface area (Å²) in [5.41, 5.74) is 7.62. The van der Waals surface area contributed by atoms with Gasteiger partial charge in [-0.2, -0.15) is 11.8 Å². The Balaban J connectivity index is 1.71. The lowest BCUT2D eigenvalue weighted by Crippen LogP contribution is -2.26. The highest BCUT2D eigenvalue weighted by atomic mass is 32.2. The maximum absolute atomic E-state index is 10.8. The van der Waals surface area contributed by atoms with Crippen molar-refractivity contribution in [2.45, 2.75) is 12.2 Å². The van der Waals surface area contributed by atoms with Crippen LogP contribution in [0.2, 0.25) is 0 Å². The fraction of sp³-hybridized carbons (Fsp3) is 0.417. The Morgan fingerprint density at radius 1 is 1.60 bits per heavy atom. The van der Waals surface area contributed by atoms with Gasteiger partial charge in [-0.05, 0) is 12.1 Å². The summed E-state index contributed by atoms with van der Waals surface area (Å²) in [4.78, 5) is 14.6. The molecule has 0 unspecified atom stereocenters. The summed E-state index contributed by atoms with van der Waals surface area (Å²) in [6.07, 6.45) is 2.19. The predicted molar refractivity (Wildman–Crippen MR) is 79.5 cm³/mol. The molecule has 0 amide bonds. The Labute approximate surface area is 121 Å². The van der Waals surface area contributed by atoms with Gasteiger partial charge in [0, 0.05) is 30.8 Å². The largest absolute Gasteiger partial charge is 0.397 e. The molecule has 2 heterocycles. The molecule has 0 aliphatic carbocycles. The maximum atomic E-state index is 10.8. The van der Waals surface area contributed by atoms with Crippen LogP contribution in [0.5, 0.6) is 0 Å². The normalized spacial score (nSPS) is 14.2. The highest BCUT2D eigenvalue weighted by Gasteiger charge is 2.23. The van der Waals surface area contributed by atoms with E-state index in [9.17, 15) is 10.1 Å². The number of hydrogen-bond acceptors (Lipinski definition) is 7. The Morgan fingerprint density at radius 3 is 3.20 bits per heavy atom. The van der Waals surface area contributed by atoms with Gasteiger partial charge < -0.3 is 16.4 Å². The number of nitro groups is 1. The fourth-order valence-electron chi connectivity index (χ4n) is 1.87. The van der Waals surface area contributed by atoms with Crippen molar-refractivity contribution in [1.29, 1.82) is 0 Å². The molecule has 0 aromatic carbocycles. The molecular formula is C12H17N5O2S. The Hall–Kier alpha value is -1.96. The topological polar surface area (TPSA) is 106 Å². The first-order chi connectivity index (χ1) is 9.68. The van der Waals surface area contributed by atoms with Crippen LogP contribution in [0.4, 0.5) is 5.69 Å². The molecule has 0 saturated heterocycles. The van der Waals surface area contributed by atoms with E-state index in [0.29, 0.717) is 31.0 Å². The van der Waals surface area contributed by atoms with E-state index < -0.39 is 0 Å². The van der Waals surface area contributed by atoms with Crippen LogP contribution >= 0.6 is 11.8 Å². The zero-order valence-electron chi connectivity index (χ0n) is 11.0. The van der Waals surface area contributed by atoms with E-state index in [4.69, 9.17) is 5.73 Å². The van der Waals surface area contributed by atoms with Crippen molar-refractivity contribution in [2.24, 2.45) is 0 Å². The first-order valence-corrected chi connectivity index (χ1v) is 7.46. The minimum absolute atomic E-state index is 0.240. The van der Waals surface area contributed by atoms with Crippen LogP contribution < -0.4 is 16.4 Å². The van der Waals surface area contributed by atoms with Crippen molar-refractivity contribution in [2.75, 3.05) is 24.6 Å². The highest BCUT2D eigenvalue weighted by molar-refractivity contribution is 7.98. The number of aromatic nitrogens is 1. The second kappa shape index (κ2) is 6.99. The molecule has 0 bridgehead atoms. The van der Waals surface area contributed by atoms with Crippen LogP contribution in [0.3, 0.4) is 0 Å². The van der Waals surface area contributed by atoms with Gasteiger partial charge in [-0.25, -0.2) is 0 Å². The van der Waals surface area contributed by atoms with Gasteiger partial charge in [0.1, 0.15) is 0 Å². The number of nitrogens with two attached hydrogens (primary N) is 1. The first kappa shape index (κ1) is 14.4. The molecule has 0 radical (unpaired) electrons. The minimum Gasteiger partial charge on any atom is -0.397 e.